The van der Waals surface area contributed by atoms with E-state index < -0.39 is 0 Å². The number of aliphatic hydroxyl groups is 1. The number of epoxide rings is 1. The van der Waals surface area contributed by atoms with Gasteiger partial charge in [0.1, 0.15) is 6.10 Å². The summed E-state index contributed by atoms with van der Waals surface area (Å²) in [5.41, 5.74) is 0. The third-order valence-electron chi connectivity index (χ3n) is 3.46. The Labute approximate surface area is 100 Å². The molecule has 0 spiro atoms. The van der Waals surface area contributed by atoms with Gasteiger partial charge in [-0.25, -0.2) is 0 Å². The van der Waals surface area contributed by atoms with E-state index in [1.807, 2.05) is 0 Å². The first-order valence-electron chi connectivity index (χ1n) is 7.14. The molecule has 0 bridgehead atoms. The molecule has 96 valence electrons. The molecule has 1 aliphatic heterocycles. The topological polar surface area (TPSA) is 32.8 Å². The highest BCUT2D eigenvalue weighted by Crippen LogP contribution is 2.26. The fraction of sp³-hybridized carbons (Fsp3) is 1.00. The Morgan fingerprint density at radius 1 is 0.812 bits per heavy atom. The van der Waals surface area contributed by atoms with E-state index in [1.54, 1.807) is 0 Å². The largest absolute Gasteiger partial charge is 0.394 e. The van der Waals surface area contributed by atoms with E-state index in [0.29, 0.717) is 6.10 Å². The minimum atomic E-state index is 0.175. The van der Waals surface area contributed by atoms with Crippen molar-refractivity contribution in [2.75, 3.05) is 6.61 Å². The van der Waals surface area contributed by atoms with Gasteiger partial charge in [0.15, 0.2) is 0 Å². The first kappa shape index (κ1) is 14.0. The van der Waals surface area contributed by atoms with Crippen molar-refractivity contribution < 1.29 is 9.84 Å². The Balaban J connectivity index is 1.69. The lowest BCUT2D eigenvalue weighted by molar-refractivity contribution is 0.241. The summed E-state index contributed by atoms with van der Waals surface area (Å²) in [5.74, 6) is 0. The molecule has 2 heteroatoms. The lowest BCUT2D eigenvalue weighted by Gasteiger charge is -2.00. The highest BCUT2D eigenvalue weighted by atomic mass is 16.6. The summed E-state index contributed by atoms with van der Waals surface area (Å²) < 4.78 is 5.29. The molecule has 2 atom stereocenters. The van der Waals surface area contributed by atoms with Crippen LogP contribution in [0.25, 0.3) is 0 Å². The van der Waals surface area contributed by atoms with E-state index in [1.165, 1.54) is 57.8 Å². The predicted octanol–water partition coefficient (Wildman–Crippen LogP) is 3.67. The van der Waals surface area contributed by atoms with Crippen molar-refractivity contribution in [3.8, 4) is 0 Å². The van der Waals surface area contributed by atoms with Crippen molar-refractivity contribution in [2.45, 2.75) is 83.3 Å². The average molecular weight is 228 g/mol. The van der Waals surface area contributed by atoms with Crippen LogP contribution in [0.4, 0.5) is 0 Å². The van der Waals surface area contributed by atoms with Crippen LogP contribution in [0.5, 0.6) is 0 Å². The van der Waals surface area contributed by atoms with Crippen LogP contribution in [-0.2, 0) is 4.74 Å². The van der Waals surface area contributed by atoms with Crippen LogP contribution in [0.1, 0.15) is 71.1 Å². The Kier molecular flexibility index (Phi) is 7.87. The zero-order valence-corrected chi connectivity index (χ0v) is 10.8. The lowest BCUT2D eigenvalue weighted by atomic mass is 10.1. The zero-order valence-electron chi connectivity index (χ0n) is 10.8. The zero-order chi connectivity index (χ0) is 11.6. The Morgan fingerprint density at radius 2 is 1.38 bits per heavy atom. The van der Waals surface area contributed by atoms with Gasteiger partial charge in [0, 0.05) is 0 Å². The van der Waals surface area contributed by atoms with Gasteiger partial charge in [0.05, 0.1) is 12.7 Å². The second kappa shape index (κ2) is 9.00. The van der Waals surface area contributed by atoms with Gasteiger partial charge in [-0.05, 0) is 6.42 Å². The summed E-state index contributed by atoms with van der Waals surface area (Å²) in [5, 5.41) is 8.79. The Bertz CT molecular complexity index is 159. The maximum atomic E-state index is 8.79. The van der Waals surface area contributed by atoms with Gasteiger partial charge < -0.3 is 9.84 Å². The van der Waals surface area contributed by atoms with Gasteiger partial charge in [0.2, 0.25) is 0 Å². The van der Waals surface area contributed by atoms with Gasteiger partial charge in [0.25, 0.3) is 0 Å². The summed E-state index contributed by atoms with van der Waals surface area (Å²) in [6.07, 6.45) is 14.1. The van der Waals surface area contributed by atoms with Gasteiger partial charge >= 0.3 is 0 Å². The van der Waals surface area contributed by atoms with E-state index in [2.05, 4.69) is 6.92 Å². The van der Waals surface area contributed by atoms with Crippen molar-refractivity contribution in [1.82, 2.24) is 0 Å². The molecule has 16 heavy (non-hydrogen) atoms. The Hall–Kier alpha value is -0.0800. The number of aliphatic hydroxyl groups excluding tert-OH is 1. The first-order valence-corrected chi connectivity index (χ1v) is 7.14. The summed E-state index contributed by atoms with van der Waals surface area (Å²) in [6.45, 7) is 2.47. The van der Waals surface area contributed by atoms with Crippen LogP contribution in [0, 0.1) is 0 Å². The molecular weight excluding hydrogens is 200 g/mol. The summed E-state index contributed by atoms with van der Waals surface area (Å²) in [7, 11) is 0. The summed E-state index contributed by atoms with van der Waals surface area (Å²) in [4.78, 5) is 0. The average Bonchev–Trinajstić information content (AvgIpc) is 3.05. The molecule has 1 N–H and O–H groups in total. The molecule has 0 aromatic rings. The van der Waals surface area contributed by atoms with Gasteiger partial charge in [-0.1, -0.05) is 64.7 Å². The second-order valence-electron chi connectivity index (χ2n) is 5.01. The van der Waals surface area contributed by atoms with Gasteiger partial charge in [-0.3, -0.25) is 0 Å². The Morgan fingerprint density at radius 3 is 1.88 bits per heavy atom. The smallest absolute Gasteiger partial charge is 0.107 e. The minimum absolute atomic E-state index is 0.175. The van der Waals surface area contributed by atoms with E-state index in [4.69, 9.17) is 9.84 Å². The van der Waals surface area contributed by atoms with E-state index in [0.717, 1.165) is 6.42 Å². The molecule has 0 radical (unpaired) electrons. The lowest BCUT2D eigenvalue weighted by Crippen LogP contribution is -1.98. The van der Waals surface area contributed by atoms with E-state index in [-0.39, 0.29) is 12.7 Å². The van der Waals surface area contributed by atoms with Crippen LogP contribution in [0.15, 0.2) is 0 Å². The predicted molar refractivity (Wildman–Crippen MR) is 67.6 cm³/mol. The van der Waals surface area contributed by atoms with Crippen molar-refractivity contribution >= 4 is 0 Å². The SMILES string of the molecule is CCCCCCCCCCC[C@@H]1O[C@H]1CO. The number of ether oxygens (including phenoxy) is 1. The third-order valence-corrected chi connectivity index (χ3v) is 3.46. The van der Waals surface area contributed by atoms with E-state index in [9.17, 15) is 0 Å². The molecule has 1 fully saturated rings. The van der Waals surface area contributed by atoms with Crippen LogP contribution in [0.3, 0.4) is 0 Å². The number of hydrogen-bond acceptors (Lipinski definition) is 2. The van der Waals surface area contributed by atoms with Crippen LogP contribution in [-0.4, -0.2) is 23.9 Å². The normalized spacial score (nSPS) is 23.6. The number of rotatable bonds is 11. The maximum Gasteiger partial charge on any atom is 0.107 e. The van der Waals surface area contributed by atoms with Crippen molar-refractivity contribution in [3.63, 3.8) is 0 Å². The van der Waals surface area contributed by atoms with Crippen LogP contribution >= 0.6 is 0 Å². The molecule has 0 aromatic heterocycles. The highest BCUT2D eigenvalue weighted by molar-refractivity contribution is 4.83. The van der Waals surface area contributed by atoms with Gasteiger partial charge in [-0.15, -0.1) is 0 Å². The molecule has 1 aliphatic rings. The molecule has 1 heterocycles. The standard InChI is InChI=1S/C14H28O2/c1-2-3-4-5-6-7-8-9-10-11-13-14(12-15)16-13/h13-15H,2-12H2,1H3/t13-,14-/m0/s1. The summed E-state index contributed by atoms with van der Waals surface area (Å²) >= 11 is 0. The quantitative estimate of drug-likeness (QED) is 0.432. The monoisotopic (exact) mass is 228 g/mol. The summed E-state index contributed by atoms with van der Waals surface area (Å²) in [6, 6.07) is 0. The third kappa shape index (κ3) is 6.49. The minimum Gasteiger partial charge on any atom is -0.394 e. The van der Waals surface area contributed by atoms with Crippen molar-refractivity contribution in [3.05, 3.63) is 0 Å². The molecular formula is C14H28O2. The van der Waals surface area contributed by atoms with Crippen molar-refractivity contribution in [1.29, 1.82) is 0 Å². The second-order valence-corrected chi connectivity index (χ2v) is 5.01. The maximum absolute atomic E-state index is 8.79. The molecule has 0 aromatic carbocycles. The molecule has 1 rings (SSSR count). The highest BCUT2D eigenvalue weighted by Gasteiger charge is 2.36. The molecule has 0 saturated carbocycles. The van der Waals surface area contributed by atoms with Gasteiger partial charge in [-0.2, -0.15) is 0 Å². The number of unbranched alkanes of at least 4 members (excludes halogenated alkanes) is 8. The fourth-order valence-corrected chi connectivity index (χ4v) is 2.25. The molecule has 2 nitrogen and oxygen atoms in total. The molecule has 0 aliphatic carbocycles. The van der Waals surface area contributed by atoms with E-state index >= 15 is 0 Å². The fourth-order valence-electron chi connectivity index (χ4n) is 2.25. The van der Waals surface area contributed by atoms with Crippen LogP contribution in [0.2, 0.25) is 0 Å². The molecule has 0 amide bonds. The number of hydrogen-bond donors (Lipinski definition) is 1. The molecule has 0 unspecified atom stereocenters. The first-order chi connectivity index (χ1) is 7.88. The molecule has 1 saturated heterocycles. The van der Waals surface area contributed by atoms with Crippen LogP contribution < -0.4 is 0 Å². The van der Waals surface area contributed by atoms with Crippen molar-refractivity contribution in [2.24, 2.45) is 0 Å².